The van der Waals surface area contributed by atoms with Gasteiger partial charge in [-0.05, 0) is 31.9 Å². The fourth-order valence-electron chi connectivity index (χ4n) is 2.45. The van der Waals surface area contributed by atoms with E-state index in [1.807, 2.05) is 0 Å². The van der Waals surface area contributed by atoms with E-state index in [4.69, 9.17) is 4.74 Å². The Hall–Kier alpha value is -0.940. The molecule has 0 aromatic heterocycles. The van der Waals surface area contributed by atoms with Crippen LogP contribution in [0, 0.1) is 17.7 Å². The predicted molar refractivity (Wildman–Crippen MR) is 78.6 cm³/mol. The van der Waals surface area contributed by atoms with Gasteiger partial charge in [-0.1, -0.05) is 35.8 Å². The van der Waals surface area contributed by atoms with Crippen LogP contribution in [0.1, 0.15) is 33.3 Å². The number of benzene rings is 1. The molecule has 3 nitrogen and oxygen atoms in total. The normalized spacial score (nSPS) is 15.8. The van der Waals surface area contributed by atoms with E-state index in [1.165, 1.54) is 19.1 Å². The molecular weight excluding hydrogens is 327 g/mol. The summed E-state index contributed by atoms with van der Waals surface area (Å²) in [5.41, 5.74) is -1.54. The number of hydrogen-bond donors (Lipinski definition) is 1. The van der Waals surface area contributed by atoms with Crippen molar-refractivity contribution in [1.29, 1.82) is 0 Å². The maximum atomic E-state index is 14.1. The molecule has 0 radical (unpaired) electrons. The molecule has 0 aliphatic heterocycles. The molecule has 0 aliphatic rings. The molecule has 1 aromatic carbocycles. The second-order valence-electron chi connectivity index (χ2n) is 5.25. The van der Waals surface area contributed by atoms with Crippen molar-refractivity contribution in [3.8, 4) is 0 Å². The Balaban J connectivity index is 3.25. The molecule has 1 aromatic rings. The molecule has 112 valence electrons. The molecule has 0 spiro atoms. The third-order valence-corrected chi connectivity index (χ3v) is 3.78. The standard InChI is InChI=1S/C15H20BrFO3/c1-5-20-14(18)13(9(2)3)15(4,19)11-7-6-10(16)8-12(11)17/h6-9,13,19H,5H2,1-4H3. The number of esters is 1. The molecule has 0 aliphatic carbocycles. The molecule has 5 heteroatoms. The summed E-state index contributed by atoms with van der Waals surface area (Å²) in [7, 11) is 0. The SMILES string of the molecule is CCOC(=O)C(C(C)C)C(C)(O)c1ccc(Br)cc1F. The van der Waals surface area contributed by atoms with E-state index in [-0.39, 0.29) is 18.1 Å². The van der Waals surface area contributed by atoms with E-state index in [1.54, 1.807) is 26.8 Å². The van der Waals surface area contributed by atoms with Crippen LogP contribution in [0.25, 0.3) is 0 Å². The lowest BCUT2D eigenvalue weighted by Gasteiger charge is -2.34. The largest absolute Gasteiger partial charge is 0.466 e. The third-order valence-electron chi connectivity index (χ3n) is 3.29. The van der Waals surface area contributed by atoms with Crippen LogP contribution in [-0.4, -0.2) is 17.7 Å². The Morgan fingerprint density at radius 2 is 2.10 bits per heavy atom. The second kappa shape index (κ2) is 6.68. The first-order valence-corrected chi connectivity index (χ1v) is 7.35. The minimum absolute atomic E-state index is 0.0902. The molecular formula is C15H20BrFO3. The third kappa shape index (κ3) is 3.58. The molecule has 0 saturated heterocycles. The summed E-state index contributed by atoms with van der Waals surface area (Å²) in [6.45, 7) is 6.96. The van der Waals surface area contributed by atoms with E-state index in [9.17, 15) is 14.3 Å². The summed E-state index contributed by atoms with van der Waals surface area (Å²) in [5.74, 6) is -2.10. The van der Waals surface area contributed by atoms with Gasteiger partial charge in [0.15, 0.2) is 0 Å². The van der Waals surface area contributed by atoms with Gasteiger partial charge in [-0.25, -0.2) is 4.39 Å². The van der Waals surface area contributed by atoms with Crippen LogP contribution in [0.5, 0.6) is 0 Å². The summed E-state index contributed by atoms with van der Waals surface area (Å²) in [6, 6.07) is 4.38. The van der Waals surface area contributed by atoms with Gasteiger partial charge in [0, 0.05) is 10.0 Å². The van der Waals surface area contributed by atoms with Gasteiger partial charge in [-0.15, -0.1) is 0 Å². The molecule has 1 N–H and O–H groups in total. The molecule has 0 saturated carbocycles. The number of halogens is 2. The van der Waals surface area contributed by atoms with Crippen molar-refractivity contribution in [2.45, 2.75) is 33.3 Å². The average Bonchev–Trinajstić information content (AvgIpc) is 2.27. The minimum Gasteiger partial charge on any atom is -0.466 e. The van der Waals surface area contributed by atoms with Crippen molar-refractivity contribution in [3.05, 3.63) is 34.1 Å². The van der Waals surface area contributed by atoms with Crippen LogP contribution >= 0.6 is 15.9 Å². The lowest BCUT2D eigenvalue weighted by molar-refractivity contribution is -0.161. The van der Waals surface area contributed by atoms with Gasteiger partial charge in [0.1, 0.15) is 11.4 Å². The zero-order valence-electron chi connectivity index (χ0n) is 12.1. The Morgan fingerprint density at radius 1 is 1.50 bits per heavy atom. The Bertz CT molecular complexity index is 486. The van der Waals surface area contributed by atoms with Crippen molar-refractivity contribution in [1.82, 2.24) is 0 Å². The van der Waals surface area contributed by atoms with E-state index in [0.717, 1.165) is 0 Å². The van der Waals surface area contributed by atoms with Gasteiger partial charge in [0.25, 0.3) is 0 Å². The van der Waals surface area contributed by atoms with Crippen LogP contribution in [0.15, 0.2) is 22.7 Å². The van der Waals surface area contributed by atoms with Crippen LogP contribution in [0.4, 0.5) is 4.39 Å². The molecule has 20 heavy (non-hydrogen) atoms. The van der Waals surface area contributed by atoms with Crippen LogP contribution in [0.2, 0.25) is 0 Å². The minimum atomic E-state index is -1.63. The highest BCUT2D eigenvalue weighted by atomic mass is 79.9. The molecule has 0 fully saturated rings. The van der Waals surface area contributed by atoms with Gasteiger partial charge in [0.05, 0.1) is 12.5 Å². The van der Waals surface area contributed by atoms with Crippen LogP contribution < -0.4 is 0 Å². The van der Waals surface area contributed by atoms with Crippen LogP contribution in [-0.2, 0) is 15.1 Å². The lowest BCUT2D eigenvalue weighted by Crippen LogP contribution is -2.42. The molecule has 0 amide bonds. The molecule has 2 atom stereocenters. The zero-order chi connectivity index (χ0) is 15.5. The maximum Gasteiger partial charge on any atom is 0.312 e. The number of carbonyl (C=O) groups is 1. The fourth-order valence-corrected chi connectivity index (χ4v) is 2.78. The molecule has 1 rings (SSSR count). The number of ether oxygens (including phenoxy) is 1. The van der Waals surface area contributed by atoms with E-state index in [0.29, 0.717) is 4.47 Å². The average molecular weight is 347 g/mol. The number of hydrogen-bond acceptors (Lipinski definition) is 3. The van der Waals surface area contributed by atoms with Gasteiger partial charge in [-0.2, -0.15) is 0 Å². The second-order valence-corrected chi connectivity index (χ2v) is 6.16. The highest BCUT2D eigenvalue weighted by Crippen LogP contribution is 2.37. The number of aliphatic hydroxyl groups is 1. The number of rotatable bonds is 5. The summed E-state index contributed by atoms with van der Waals surface area (Å²) in [4.78, 5) is 12.1. The predicted octanol–water partition coefficient (Wildman–Crippen LogP) is 3.63. The summed E-state index contributed by atoms with van der Waals surface area (Å²) >= 11 is 3.17. The monoisotopic (exact) mass is 346 g/mol. The van der Waals surface area contributed by atoms with Gasteiger partial charge >= 0.3 is 5.97 Å². The van der Waals surface area contributed by atoms with Crippen molar-refractivity contribution in [3.63, 3.8) is 0 Å². The van der Waals surface area contributed by atoms with Gasteiger partial charge in [0.2, 0.25) is 0 Å². The quantitative estimate of drug-likeness (QED) is 0.828. The van der Waals surface area contributed by atoms with Crippen LogP contribution in [0.3, 0.4) is 0 Å². The highest BCUT2D eigenvalue weighted by molar-refractivity contribution is 9.10. The first-order chi connectivity index (χ1) is 9.21. The van der Waals surface area contributed by atoms with E-state index in [2.05, 4.69) is 15.9 Å². The van der Waals surface area contributed by atoms with E-state index >= 15 is 0 Å². The van der Waals surface area contributed by atoms with E-state index < -0.39 is 23.3 Å². The fraction of sp³-hybridized carbons (Fsp3) is 0.533. The molecule has 2 unspecified atom stereocenters. The van der Waals surface area contributed by atoms with Gasteiger partial charge in [-0.3, -0.25) is 4.79 Å². The zero-order valence-corrected chi connectivity index (χ0v) is 13.7. The Labute approximate surface area is 127 Å². The molecule has 0 heterocycles. The Morgan fingerprint density at radius 3 is 2.55 bits per heavy atom. The summed E-state index contributed by atoms with van der Waals surface area (Å²) < 4.78 is 19.7. The summed E-state index contributed by atoms with van der Waals surface area (Å²) in [6.07, 6.45) is 0. The Kier molecular flexibility index (Phi) is 5.71. The first-order valence-electron chi connectivity index (χ1n) is 6.56. The van der Waals surface area contributed by atoms with Gasteiger partial charge < -0.3 is 9.84 Å². The molecule has 0 bridgehead atoms. The lowest BCUT2D eigenvalue weighted by atomic mass is 9.76. The summed E-state index contributed by atoms with van der Waals surface area (Å²) in [5, 5.41) is 10.7. The van der Waals surface area contributed by atoms with Crippen molar-refractivity contribution in [2.24, 2.45) is 11.8 Å². The van der Waals surface area contributed by atoms with Crippen molar-refractivity contribution >= 4 is 21.9 Å². The highest BCUT2D eigenvalue weighted by Gasteiger charge is 2.43. The topological polar surface area (TPSA) is 46.5 Å². The first kappa shape index (κ1) is 17.1. The van der Waals surface area contributed by atoms with Crippen molar-refractivity contribution < 1.29 is 19.0 Å². The smallest absolute Gasteiger partial charge is 0.312 e. The van der Waals surface area contributed by atoms with Crippen molar-refractivity contribution in [2.75, 3.05) is 6.61 Å². The maximum absolute atomic E-state index is 14.1. The number of carbonyl (C=O) groups excluding carboxylic acids is 1.